The van der Waals surface area contributed by atoms with Gasteiger partial charge in [-0.25, -0.2) is 17.6 Å². The van der Waals surface area contributed by atoms with Crippen LogP contribution in [-0.2, 0) is 0 Å². The summed E-state index contributed by atoms with van der Waals surface area (Å²) in [6.07, 6.45) is 0. The Bertz CT molecular complexity index is 1020. The van der Waals surface area contributed by atoms with Crippen LogP contribution in [0.2, 0.25) is 0 Å². The van der Waals surface area contributed by atoms with Gasteiger partial charge in [-0.2, -0.15) is 0 Å². The number of thiophene rings is 1. The molecule has 0 saturated carbocycles. The number of carbonyl (C=O) groups excluding carboxylic acids is 1. The van der Waals surface area contributed by atoms with Crippen LogP contribution in [0.5, 0.6) is 5.75 Å². The monoisotopic (exact) mass is 409 g/mol. The average Bonchev–Trinajstić information content (AvgIpc) is 3.16. The molecule has 1 amide bonds. The topological polar surface area (TPSA) is 29.5 Å². The molecule has 0 aliphatic rings. The van der Waals surface area contributed by atoms with Gasteiger partial charge in [-0.15, -0.1) is 11.3 Å². The van der Waals surface area contributed by atoms with Gasteiger partial charge in [0, 0.05) is 19.0 Å². The van der Waals surface area contributed by atoms with E-state index in [1.807, 2.05) is 0 Å². The smallest absolute Gasteiger partial charge is 0.263 e. The van der Waals surface area contributed by atoms with Gasteiger partial charge < -0.3 is 9.64 Å². The number of nitrogens with zero attached hydrogens (tertiary/aromatic N) is 1. The van der Waals surface area contributed by atoms with E-state index >= 15 is 0 Å². The summed E-state index contributed by atoms with van der Waals surface area (Å²) in [5, 5.41) is 0. The first kappa shape index (κ1) is 19.9. The number of benzene rings is 2. The number of rotatable bonds is 4. The first-order valence-corrected chi connectivity index (χ1v) is 8.90. The molecule has 28 heavy (non-hydrogen) atoms. The lowest BCUT2D eigenvalue weighted by atomic mass is 10.00. The Morgan fingerprint density at radius 1 is 0.857 bits per heavy atom. The first-order chi connectivity index (χ1) is 13.3. The van der Waals surface area contributed by atoms with Crippen LogP contribution in [0.25, 0.3) is 21.6 Å². The van der Waals surface area contributed by atoms with Crippen molar-refractivity contribution in [1.29, 1.82) is 0 Å². The summed E-state index contributed by atoms with van der Waals surface area (Å²) in [6, 6.07) is 8.08. The third-order valence-electron chi connectivity index (χ3n) is 4.11. The van der Waals surface area contributed by atoms with Crippen LogP contribution in [0.15, 0.2) is 36.4 Å². The Morgan fingerprint density at radius 3 is 1.89 bits per heavy atom. The van der Waals surface area contributed by atoms with Crippen molar-refractivity contribution >= 4 is 17.2 Å². The normalized spacial score (nSPS) is 10.8. The molecule has 0 saturated heterocycles. The number of amides is 1. The minimum atomic E-state index is -1.52. The largest absolute Gasteiger partial charge is 0.497 e. The number of hydrogen-bond acceptors (Lipinski definition) is 3. The quantitative estimate of drug-likeness (QED) is 0.430. The van der Waals surface area contributed by atoms with Crippen molar-refractivity contribution in [3.05, 3.63) is 64.5 Å². The second-order valence-corrected chi connectivity index (χ2v) is 7.18. The van der Waals surface area contributed by atoms with Gasteiger partial charge in [-0.3, -0.25) is 4.79 Å². The molecule has 2 aromatic carbocycles. The molecule has 3 aromatic rings. The molecule has 8 heteroatoms. The number of halogens is 4. The van der Waals surface area contributed by atoms with E-state index < -0.39 is 34.4 Å². The minimum absolute atomic E-state index is 0.0326. The average molecular weight is 409 g/mol. The highest BCUT2D eigenvalue weighted by molar-refractivity contribution is 7.17. The van der Waals surface area contributed by atoms with Gasteiger partial charge in [0.05, 0.1) is 23.1 Å². The highest BCUT2D eigenvalue weighted by atomic mass is 32.1. The lowest BCUT2D eigenvalue weighted by molar-refractivity contribution is 0.0832. The molecule has 0 radical (unpaired) electrons. The maximum atomic E-state index is 14.7. The maximum Gasteiger partial charge on any atom is 0.263 e. The van der Waals surface area contributed by atoms with Crippen LogP contribution in [0.1, 0.15) is 9.67 Å². The second-order valence-electron chi connectivity index (χ2n) is 6.10. The van der Waals surface area contributed by atoms with Crippen LogP contribution < -0.4 is 4.74 Å². The molecule has 0 N–H and O–H groups in total. The first-order valence-electron chi connectivity index (χ1n) is 8.08. The highest BCUT2D eigenvalue weighted by Crippen LogP contribution is 2.39. The summed E-state index contributed by atoms with van der Waals surface area (Å²) in [7, 11) is 4.46. The molecule has 0 aliphatic carbocycles. The van der Waals surface area contributed by atoms with Crippen molar-refractivity contribution in [2.24, 2.45) is 0 Å². The summed E-state index contributed by atoms with van der Waals surface area (Å²) < 4.78 is 63.7. The van der Waals surface area contributed by atoms with Crippen LogP contribution in [0.3, 0.4) is 0 Å². The number of methoxy groups -OCH3 is 1. The van der Waals surface area contributed by atoms with Crippen LogP contribution in [0, 0.1) is 23.3 Å². The summed E-state index contributed by atoms with van der Waals surface area (Å²) >= 11 is 0.754. The molecule has 0 aliphatic heterocycles. The van der Waals surface area contributed by atoms with Crippen molar-refractivity contribution in [3.8, 4) is 27.3 Å². The maximum absolute atomic E-state index is 14.7. The Morgan fingerprint density at radius 2 is 1.39 bits per heavy atom. The van der Waals surface area contributed by atoms with E-state index in [0.717, 1.165) is 11.3 Å². The standard InChI is InChI=1S/C20H15F4NO2S/c1-25(2)20(26)13-9-8-12(28-13)15-18(23)16(21)14(17(22)19(15)24)10-4-6-11(27-3)7-5-10/h4-9H,1-3H3. The summed E-state index contributed by atoms with van der Waals surface area (Å²) in [6.45, 7) is 0. The van der Waals surface area contributed by atoms with E-state index in [1.165, 1.54) is 62.5 Å². The molecule has 1 heterocycles. The van der Waals surface area contributed by atoms with E-state index in [9.17, 15) is 22.4 Å². The molecule has 3 rings (SSSR count). The number of ether oxygens (including phenoxy) is 1. The van der Waals surface area contributed by atoms with Crippen molar-refractivity contribution in [3.63, 3.8) is 0 Å². The van der Waals surface area contributed by atoms with E-state index in [0.29, 0.717) is 5.75 Å². The van der Waals surface area contributed by atoms with Crippen molar-refractivity contribution < 1.29 is 27.1 Å². The highest BCUT2D eigenvalue weighted by Gasteiger charge is 2.28. The third kappa shape index (κ3) is 3.35. The summed E-state index contributed by atoms with van der Waals surface area (Å²) in [5.41, 5.74) is -1.67. The molecular formula is C20H15F4NO2S. The molecule has 0 bridgehead atoms. The van der Waals surface area contributed by atoms with E-state index in [-0.39, 0.29) is 21.2 Å². The molecule has 146 valence electrons. The van der Waals surface area contributed by atoms with Gasteiger partial charge in [-0.05, 0) is 29.8 Å². The zero-order valence-corrected chi connectivity index (χ0v) is 16.0. The summed E-state index contributed by atoms with van der Waals surface area (Å²) in [5.74, 6) is -6.00. The Hall–Kier alpha value is -2.87. The van der Waals surface area contributed by atoms with E-state index in [2.05, 4.69) is 0 Å². The van der Waals surface area contributed by atoms with Crippen molar-refractivity contribution in [2.45, 2.75) is 0 Å². The van der Waals surface area contributed by atoms with Gasteiger partial charge >= 0.3 is 0 Å². The fourth-order valence-corrected chi connectivity index (χ4v) is 3.73. The van der Waals surface area contributed by atoms with E-state index in [1.54, 1.807) is 0 Å². The van der Waals surface area contributed by atoms with Crippen LogP contribution >= 0.6 is 11.3 Å². The summed E-state index contributed by atoms with van der Waals surface area (Å²) in [4.78, 5) is 13.4. The van der Waals surface area contributed by atoms with Gasteiger partial charge in [0.1, 0.15) is 5.75 Å². The zero-order chi connectivity index (χ0) is 20.6. The van der Waals surface area contributed by atoms with E-state index in [4.69, 9.17) is 4.74 Å². The number of carbonyl (C=O) groups is 1. The van der Waals surface area contributed by atoms with Gasteiger partial charge in [0.15, 0.2) is 23.3 Å². The molecule has 0 spiro atoms. The SMILES string of the molecule is COc1ccc(-c2c(F)c(F)c(-c3ccc(C(=O)N(C)C)s3)c(F)c2F)cc1. The lowest BCUT2D eigenvalue weighted by Crippen LogP contribution is -2.20. The number of hydrogen-bond donors (Lipinski definition) is 0. The molecular weight excluding hydrogens is 394 g/mol. The Labute approximate surface area is 162 Å². The van der Waals surface area contributed by atoms with Gasteiger partial charge in [0.2, 0.25) is 0 Å². The predicted octanol–water partition coefficient (Wildman–Crippen LogP) is 5.35. The molecule has 0 atom stereocenters. The Balaban J connectivity index is 2.14. The Kier molecular flexibility index (Phi) is 5.42. The third-order valence-corrected chi connectivity index (χ3v) is 5.20. The molecule has 0 unspecified atom stereocenters. The predicted molar refractivity (Wildman–Crippen MR) is 99.6 cm³/mol. The zero-order valence-electron chi connectivity index (χ0n) is 15.1. The fraction of sp³-hybridized carbons (Fsp3) is 0.150. The van der Waals surface area contributed by atoms with Crippen molar-refractivity contribution in [1.82, 2.24) is 4.90 Å². The van der Waals surface area contributed by atoms with Gasteiger partial charge in [0.25, 0.3) is 5.91 Å². The second kappa shape index (κ2) is 7.63. The van der Waals surface area contributed by atoms with Crippen molar-refractivity contribution in [2.75, 3.05) is 21.2 Å². The molecule has 1 aromatic heterocycles. The van der Waals surface area contributed by atoms with Crippen LogP contribution in [0.4, 0.5) is 17.6 Å². The fourth-order valence-electron chi connectivity index (χ4n) is 2.67. The lowest BCUT2D eigenvalue weighted by Gasteiger charge is -2.12. The van der Waals surface area contributed by atoms with Gasteiger partial charge in [-0.1, -0.05) is 12.1 Å². The molecule has 0 fully saturated rings. The van der Waals surface area contributed by atoms with Crippen LogP contribution in [-0.4, -0.2) is 32.0 Å². The minimum Gasteiger partial charge on any atom is -0.497 e. The molecule has 3 nitrogen and oxygen atoms in total.